The molecule has 0 aliphatic heterocycles. The summed E-state index contributed by atoms with van der Waals surface area (Å²) in [6.07, 6.45) is 0.829. The Balaban J connectivity index is 2.84. The fraction of sp³-hybridized carbons (Fsp3) is 0.400. The third-order valence-electron chi connectivity index (χ3n) is 2.10. The number of aryl methyl sites for hydroxylation is 1. The van der Waals surface area contributed by atoms with Crippen molar-refractivity contribution in [2.24, 2.45) is 11.5 Å². The molecule has 0 aromatic heterocycles. The summed E-state index contributed by atoms with van der Waals surface area (Å²) < 4.78 is 1.11. The largest absolute Gasteiger partial charge is 0.330 e. The number of hydrogen-bond donors (Lipinski definition) is 2. The van der Waals surface area contributed by atoms with Crippen molar-refractivity contribution in [1.29, 1.82) is 0 Å². The van der Waals surface area contributed by atoms with Gasteiger partial charge in [-0.25, -0.2) is 0 Å². The molecule has 1 rings (SSSR count). The first kappa shape index (κ1) is 10.7. The molecular formula is C10H15BrN2. The highest BCUT2D eigenvalue weighted by Gasteiger charge is 2.05. The lowest BCUT2D eigenvalue weighted by molar-refractivity contribution is 0.661. The molecular weight excluding hydrogens is 228 g/mol. The molecule has 1 aromatic rings. The van der Waals surface area contributed by atoms with E-state index < -0.39 is 0 Å². The average molecular weight is 243 g/mol. The third kappa shape index (κ3) is 2.79. The van der Waals surface area contributed by atoms with E-state index in [4.69, 9.17) is 11.5 Å². The molecule has 1 aromatic carbocycles. The summed E-state index contributed by atoms with van der Waals surface area (Å²) in [6.45, 7) is 2.69. The third-order valence-corrected chi connectivity index (χ3v) is 2.96. The maximum atomic E-state index is 5.92. The van der Waals surface area contributed by atoms with Gasteiger partial charge in [0.2, 0.25) is 0 Å². The summed E-state index contributed by atoms with van der Waals surface area (Å²) >= 11 is 3.48. The minimum atomic E-state index is 0.0573. The van der Waals surface area contributed by atoms with Gasteiger partial charge in [-0.3, -0.25) is 0 Å². The van der Waals surface area contributed by atoms with Gasteiger partial charge in [-0.05, 0) is 37.1 Å². The smallest absolute Gasteiger partial charge is 0.0307 e. The average Bonchev–Trinajstić information content (AvgIpc) is 2.10. The Kier molecular flexibility index (Phi) is 3.90. The fourth-order valence-corrected chi connectivity index (χ4v) is 1.58. The van der Waals surface area contributed by atoms with Gasteiger partial charge in [0.05, 0.1) is 0 Å². The van der Waals surface area contributed by atoms with E-state index in [1.807, 2.05) is 0 Å². The Morgan fingerprint density at radius 3 is 2.69 bits per heavy atom. The van der Waals surface area contributed by atoms with Crippen molar-refractivity contribution in [3.63, 3.8) is 0 Å². The van der Waals surface area contributed by atoms with E-state index in [0.29, 0.717) is 6.54 Å². The summed E-state index contributed by atoms with van der Waals surface area (Å²) in [4.78, 5) is 0. The zero-order valence-electron chi connectivity index (χ0n) is 7.76. The van der Waals surface area contributed by atoms with Gasteiger partial charge in [0.1, 0.15) is 0 Å². The van der Waals surface area contributed by atoms with E-state index in [1.165, 1.54) is 5.56 Å². The molecule has 0 bridgehead atoms. The predicted octanol–water partition coefficient (Wildman–Crippen LogP) is 2.11. The van der Waals surface area contributed by atoms with E-state index in [2.05, 4.69) is 41.1 Å². The van der Waals surface area contributed by atoms with Crippen LogP contribution in [0.1, 0.15) is 23.6 Å². The van der Waals surface area contributed by atoms with Crippen molar-refractivity contribution in [3.8, 4) is 0 Å². The van der Waals surface area contributed by atoms with Gasteiger partial charge in [0.15, 0.2) is 0 Å². The van der Waals surface area contributed by atoms with Crippen LogP contribution >= 0.6 is 15.9 Å². The van der Waals surface area contributed by atoms with Gasteiger partial charge in [0.25, 0.3) is 0 Å². The summed E-state index contributed by atoms with van der Waals surface area (Å²) in [6, 6.07) is 6.24. The lowest BCUT2D eigenvalue weighted by Gasteiger charge is -2.11. The molecule has 0 aliphatic rings. The zero-order chi connectivity index (χ0) is 9.84. The van der Waals surface area contributed by atoms with E-state index in [1.54, 1.807) is 0 Å². The second-order valence-corrected chi connectivity index (χ2v) is 4.05. The number of halogens is 1. The van der Waals surface area contributed by atoms with Gasteiger partial charge in [-0.1, -0.05) is 28.1 Å². The standard InChI is InChI=1S/C10H15BrN2/c1-7-2-3-8(6-9(7)11)10(13)4-5-12/h2-3,6,10H,4-5,12-13H2,1H3/t10-/m0/s1. The Hall–Kier alpha value is -0.380. The number of benzene rings is 1. The predicted molar refractivity (Wildman–Crippen MR) is 59.5 cm³/mol. The van der Waals surface area contributed by atoms with Crippen LogP contribution < -0.4 is 11.5 Å². The summed E-state index contributed by atoms with van der Waals surface area (Å²) in [5.74, 6) is 0. The highest BCUT2D eigenvalue weighted by molar-refractivity contribution is 9.10. The van der Waals surface area contributed by atoms with E-state index in [9.17, 15) is 0 Å². The normalized spacial score (nSPS) is 12.9. The van der Waals surface area contributed by atoms with Gasteiger partial charge in [-0.2, -0.15) is 0 Å². The van der Waals surface area contributed by atoms with Crippen molar-refractivity contribution in [2.75, 3.05) is 6.54 Å². The highest BCUT2D eigenvalue weighted by atomic mass is 79.9. The summed E-state index contributed by atoms with van der Waals surface area (Å²) in [5.41, 5.74) is 13.7. The Morgan fingerprint density at radius 1 is 1.46 bits per heavy atom. The van der Waals surface area contributed by atoms with Crippen LogP contribution in [-0.2, 0) is 0 Å². The van der Waals surface area contributed by atoms with Crippen LogP contribution in [0.5, 0.6) is 0 Å². The van der Waals surface area contributed by atoms with Crippen molar-refractivity contribution >= 4 is 15.9 Å². The van der Waals surface area contributed by atoms with Crippen LogP contribution in [0.15, 0.2) is 22.7 Å². The Morgan fingerprint density at radius 2 is 2.15 bits per heavy atom. The lowest BCUT2D eigenvalue weighted by atomic mass is 10.0. The Labute approximate surface area is 87.4 Å². The van der Waals surface area contributed by atoms with Gasteiger partial charge >= 0.3 is 0 Å². The first-order valence-electron chi connectivity index (χ1n) is 4.37. The van der Waals surface area contributed by atoms with Crippen LogP contribution in [0, 0.1) is 6.92 Å². The second-order valence-electron chi connectivity index (χ2n) is 3.19. The van der Waals surface area contributed by atoms with Crippen molar-refractivity contribution in [1.82, 2.24) is 0 Å². The molecule has 0 saturated carbocycles. The summed E-state index contributed by atoms with van der Waals surface area (Å²) in [5, 5.41) is 0. The molecule has 0 saturated heterocycles. The molecule has 1 atom stereocenters. The molecule has 0 unspecified atom stereocenters. The Bertz CT molecular complexity index is 286. The monoisotopic (exact) mass is 242 g/mol. The van der Waals surface area contributed by atoms with Crippen molar-refractivity contribution in [3.05, 3.63) is 33.8 Å². The van der Waals surface area contributed by atoms with E-state index >= 15 is 0 Å². The highest BCUT2D eigenvalue weighted by Crippen LogP contribution is 2.21. The van der Waals surface area contributed by atoms with Gasteiger partial charge in [0, 0.05) is 10.5 Å². The number of rotatable bonds is 3. The number of hydrogen-bond acceptors (Lipinski definition) is 2. The molecule has 0 radical (unpaired) electrons. The minimum absolute atomic E-state index is 0.0573. The van der Waals surface area contributed by atoms with E-state index in [-0.39, 0.29) is 6.04 Å². The van der Waals surface area contributed by atoms with Crippen LogP contribution in [0.2, 0.25) is 0 Å². The van der Waals surface area contributed by atoms with Crippen LogP contribution in [0.3, 0.4) is 0 Å². The molecule has 0 spiro atoms. The quantitative estimate of drug-likeness (QED) is 0.854. The van der Waals surface area contributed by atoms with Crippen LogP contribution in [-0.4, -0.2) is 6.54 Å². The number of nitrogens with two attached hydrogens (primary N) is 2. The topological polar surface area (TPSA) is 52.0 Å². The first-order chi connectivity index (χ1) is 6.15. The lowest BCUT2D eigenvalue weighted by Crippen LogP contribution is -2.15. The molecule has 13 heavy (non-hydrogen) atoms. The van der Waals surface area contributed by atoms with Gasteiger partial charge in [-0.15, -0.1) is 0 Å². The second kappa shape index (κ2) is 4.74. The van der Waals surface area contributed by atoms with Gasteiger partial charge < -0.3 is 11.5 Å². The maximum absolute atomic E-state index is 5.92. The van der Waals surface area contributed by atoms with Crippen molar-refractivity contribution < 1.29 is 0 Å². The van der Waals surface area contributed by atoms with Crippen molar-refractivity contribution in [2.45, 2.75) is 19.4 Å². The first-order valence-corrected chi connectivity index (χ1v) is 5.16. The molecule has 2 nitrogen and oxygen atoms in total. The minimum Gasteiger partial charge on any atom is -0.330 e. The zero-order valence-corrected chi connectivity index (χ0v) is 9.34. The molecule has 4 N–H and O–H groups in total. The maximum Gasteiger partial charge on any atom is 0.0307 e. The fourth-order valence-electron chi connectivity index (χ4n) is 1.19. The van der Waals surface area contributed by atoms with Crippen LogP contribution in [0.4, 0.5) is 0 Å². The van der Waals surface area contributed by atoms with Crippen LogP contribution in [0.25, 0.3) is 0 Å². The molecule has 0 fully saturated rings. The van der Waals surface area contributed by atoms with E-state index in [0.717, 1.165) is 16.5 Å². The molecule has 0 amide bonds. The molecule has 0 heterocycles. The molecule has 0 aliphatic carbocycles. The molecule has 72 valence electrons. The molecule has 3 heteroatoms. The summed E-state index contributed by atoms with van der Waals surface area (Å²) in [7, 11) is 0. The SMILES string of the molecule is Cc1ccc([C@@H](N)CCN)cc1Br.